The van der Waals surface area contributed by atoms with E-state index in [2.05, 4.69) is 24.5 Å². The van der Waals surface area contributed by atoms with E-state index in [1.165, 1.54) is 25.7 Å². The molecule has 3 fully saturated rings. The number of nitrogens with one attached hydrogen (secondary N) is 2. The molecule has 3 aliphatic rings. The normalized spacial score (nSPS) is 46.0. The van der Waals surface area contributed by atoms with E-state index in [4.69, 9.17) is 0 Å². The lowest BCUT2D eigenvalue weighted by molar-refractivity contribution is -0.124. The van der Waals surface area contributed by atoms with Crippen LogP contribution in [-0.4, -0.2) is 24.5 Å². The van der Waals surface area contributed by atoms with Crippen molar-refractivity contribution in [2.75, 3.05) is 6.54 Å². The molecule has 0 aromatic heterocycles. The van der Waals surface area contributed by atoms with Gasteiger partial charge in [0.05, 0.1) is 6.04 Å². The van der Waals surface area contributed by atoms with Gasteiger partial charge in [-0.15, -0.1) is 0 Å². The van der Waals surface area contributed by atoms with Gasteiger partial charge in [-0.25, -0.2) is 0 Å². The van der Waals surface area contributed by atoms with Gasteiger partial charge in [-0.05, 0) is 62.3 Å². The quantitative estimate of drug-likeness (QED) is 0.803. The van der Waals surface area contributed by atoms with Gasteiger partial charge in [-0.1, -0.05) is 20.3 Å². The van der Waals surface area contributed by atoms with E-state index in [0.717, 1.165) is 37.1 Å². The minimum Gasteiger partial charge on any atom is -0.352 e. The molecule has 3 heteroatoms. The van der Waals surface area contributed by atoms with Crippen molar-refractivity contribution in [3.05, 3.63) is 0 Å². The Balaban J connectivity index is 1.54. The monoisotopic (exact) mass is 264 g/mol. The molecule has 3 nitrogen and oxygen atoms in total. The molecule has 0 spiro atoms. The van der Waals surface area contributed by atoms with Crippen LogP contribution < -0.4 is 10.6 Å². The predicted molar refractivity (Wildman–Crippen MR) is 76.7 cm³/mol. The molecular formula is C16H28N2O. The second-order valence-electron chi connectivity index (χ2n) is 7.21. The average molecular weight is 264 g/mol. The minimum absolute atomic E-state index is 0.0992. The number of hydrogen-bond donors (Lipinski definition) is 2. The second-order valence-corrected chi connectivity index (χ2v) is 7.21. The molecule has 3 rings (SSSR count). The van der Waals surface area contributed by atoms with Crippen molar-refractivity contribution in [1.29, 1.82) is 0 Å². The van der Waals surface area contributed by atoms with Crippen LogP contribution in [0, 0.1) is 23.7 Å². The van der Waals surface area contributed by atoms with E-state index < -0.39 is 0 Å². The Morgan fingerprint density at radius 3 is 2.74 bits per heavy atom. The summed E-state index contributed by atoms with van der Waals surface area (Å²) < 4.78 is 0. The van der Waals surface area contributed by atoms with E-state index >= 15 is 0 Å². The standard InChI is InChI=1S/C16H28N2O/c1-10-6-7-13(8-11(10)2)18-16(19)15-14-5-3-4-12(14)9-17-15/h10-15,17H,3-9H2,1-2H3,(H,18,19). The van der Waals surface area contributed by atoms with Crippen LogP contribution in [0.2, 0.25) is 0 Å². The Hall–Kier alpha value is -0.570. The third kappa shape index (κ3) is 2.67. The number of amides is 1. The fourth-order valence-corrected chi connectivity index (χ4v) is 4.44. The van der Waals surface area contributed by atoms with Crippen molar-refractivity contribution >= 4 is 5.91 Å². The Bertz CT molecular complexity index is 344. The van der Waals surface area contributed by atoms with Crippen LogP contribution in [0.3, 0.4) is 0 Å². The third-order valence-electron chi connectivity index (χ3n) is 5.97. The lowest BCUT2D eigenvalue weighted by Gasteiger charge is -2.33. The summed E-state index contributed by atoms with van der Waals surface area (Å²) in [6.45, 7) is 5.72. The van der Waals surface area contributed by atoms with Gasteiger partial charge in [0.2, 0.25) is 5.91 Å². The maximum absolute atomic E-state index is 12.5. The maximum atomic E-state index is 12.5. The molecule has 0 bridgehead atoms. The van der Waals surface area contributed by atoms with Gasteiger partial charge in [0.15, 0.2) is 0 Å². The van der Waals surface area contributed by atoms with E-state index in [1.807, 2.05) is 0 Å². The van der Waals surface area contributed by atoms with Crippen LogP contribution in [0.25, 0.3) is 0 Å². The number of carbonyl (C=O) groups is 1. The van der Waals surface area contributed by atoms with Gasteiger partial charge in [0, 0.05) is 6.04 Å². The molecule has 6 unspecified atom stereocenters. The zero-order chi connectivity index (χ0) is 13.4. The van der Waals surface area contributed by atoms with Crippen molar-refractivity contribution in [2.24, 2.45) is 23.7 Å². The zero-order valence-corrected chi connectivity index (χ0v) is 12.3. The average Bonchev–Trinajstić information content (AvgIpc) is 2.95. The van der Waals surface area contributed by atoms with Crippen molar-refractivity contribution in [3.8, 4) is 0 Å². The van der Waals surface area contributed by atoms with Crippen LogP contribution in [0.5, 0.6) is 0 Å². The summed E-state index contributed by atoms with van der Waals surface area (Å²) in [4.78, 5) is 12.5. The van der Waals surface area contributed by atoms with Crippen LogP contribution in [0.4, 0.5) is 0 Å². The molecule has 1 heterocycles. The molecule has 108 valence electrons. The molecule has 1 amide bonds. The minimum atomic E-state index is 0.0992. The fourth-order valence-electron chi connectivity index (χ4n) is 4.44. The molecule has 0 aromatic carbocycles. The van der Waals surface area contributed by atoms with E-state index in [0.29, 0.717) is 12.0 Å². The van der Waals surface area contributed by atoms with Crippen LogP contribution in [-0.2, 0) is 4.79 Å². The molecule has 1 aliphatic heterocycles. The first-order valence-electron chi connectivity index (χ1n) is 8.19. The van der Waals surface area contributed by atoms with Crippen LogP contribution in [0.15, 0.2) is 0 Å². The summed E-state index contributed by atoms with van der Waals surface area (Å²) >= 11 is 0. The van der Waals surface area contributed by atoms with E-state index in [-0.39, 0.29) is 11.9 Å². The molecule has 0 radical (unpaired) electrons. The Morgan fingerprint density at radius 2 is 1.95 bits per heavy atom. The molecule has 1 saturated heterocycles. The predicted octanol–water partition coefficient (Wildman–Crippen LogP) is 2.32. The van der Waals surface area contributed by atoms with Gasteiger partial charge in [-0.2, -0.15) is 0 Å². The van der Waals surface area contributed by atoms with Gasteiger partial charge >= 0.3 is 0 Å². The summed E-state index contributed by atoms with van der Waals surface area (Å²) in [7, 11) is 0. The first-order valence-corrected chi connectivity index (χ1v) is 8.19. The number of rotatable bonds is 2. The molecule has 0 aromatic rings. The summed E-state index contributed by atoms with van der Waals surface area (Å²) in [6.07, 6.45) is 7.47. The third-order valence-corrected chi connectivity index (χ3v) is 5.97. The molecular weight excluding hydrogens is 236 g/mol. The molecule has 2 saturated carbocycles. The number of hydrogen-bond acceptors (Lipinski definition) is 2. The molecule has 19 heavy (non-hydrogen) atoms. The summed E-state index contributed by atoms with van der Waals surface area (Å²) in [5.74, 6) is 3.22. The topological polar surface area (TPSA) is 41.1 Å². The lowest BCUT2D eigenvalue weighted by atomic mass is 9.79. The summed E-state index contributed by atoms with van der Waals surface area (Å²) in [6, 6.07) is 0.517. The zero-order valence-electron chi connectivity index (χ0n) is 12.3. The molecule has 6 atom stereocenters. The molecule has 2 aliphatic carbocycles. The Kier molecular flexibility index (Phi) is 3.84. The maximum Gasteiger partial charge on any atom is 0.237 e. The van der Waals surface area contributed by atoms with Gasteiger partial charge < -0.3 is 10.6 Å². The fraction of sp³-hybridized carbons (Fsp3) is 0.938. The first-order chi connectivity index (χ1) is 9.15. The lowest BCUT2D eigenvalue weighted by Crippen LogP contribution is -2.49. The van der Waals surface area contributed by atoms with Gasteiger partial charge in [-0.3, -0.25) is 4.79 Å². The van der Waals surface area contributed by atoms with E-state index in [9.17, 15) is 4.79 Å². The van der Waals surface area contributed by atoms with Crippen molar-refractivity contribution in [2.45, 2.75) is 64.5 Å². The van der Waals surface area contributed by atoms with Crippen molar-refractivity contribution in [1.82, 2.24) is 10.6 Å². The SMILES string of the molecule is CC1CCC(NC(=O)C2NCC3CCCC32)CC1C. The Labute approximate surface area is 116 Å². The Morgan fingerprint density at radius 1 is 1.11 bits per heavy atom. The van der Waals surface area contributed by atoms with Gasteiger partial charge in [0.1, 0.15) is 0 Å². The smallest absolute Gasteiger partial charge is 0.237 e. The van der Waals surface area contributed by atoms with Crippen LogP contribution in [0.1, 0.15) is 52.4 Å². The first kappa shape index (κ1) is 13.4. The highest BCUT2D eigenvalue weighted by atomic mass is 16.2. The van der Waals surface area contributed by atoms with E-state index in [1.54, 1.807) is 0 Å². The summed E-state index contributed by atoms with van der Waals surface area (Å²) in [5.41, 5.74) is 0. The van der Waals surface area contributed by atoms with Crippen molar-refractivity contribution < 1.29 is 4.79 Å². The number of fused-ring (bicyclic) bond motifs is 1. The molecule has 2 N–H and O–H groups in total. The van der Waals surface area contributed by atoms with Gasteiger partial charge in [0.25, 0.3) is 0 Å². The highest BCUT2D eigenvalue weighted by Gasteiger charge is 2.42. The van der Waals surface area contributed by atoms with Crippen molar-refractivity contribution in [3.63, 3.8) is 0 Å². The number of carbonyl (C=O) groups excluding carboxylic acids is 1. The highest BCUT2D eigenvalue weighted by molar-refractivity contribution is 5.82. The summed E-state index contributed by atoms with van der Waals surface area (Å²) in [5, 5.41) is 6.78. The second kappa shape index (κ2) is 5.43. The largest absolute Gasteiger partial charge is 0.352 e. The highest BCUT2D eigenvalue weighted by Crippen LogP contribution is 2.38. The van der Waals surface area contributed by atoms with Crippen LogP contribution >= 0.6 is 0 Å².